The standard InChI is InChI=1S/C43H48ClN5O6/c1-28-31(5-2-6-35(28)36-7-3-8-39-37(36)11-16-48(39)13-4-12-47-14-9-33(50)10-15-47)27-55-42-20-41(54-26-30-17-29(21-45)22-46-23-30)32(18-38(42)44)24-49-25-34(51)19-40(49)43(52)53/h2-3,5-8,17-18,20,22-23,33-34,40,50-51H,4,9-16,19,24-27H2,1H3,(H,52,53)/t34-,40-/m1/s1. The number of likely N-dealkylation sites (tertiary alicyclic amines) is 2. The fourth-order valence-corrected chi connectivity index (χ4v) is 8.40. The van der Waals surface area contributed by atoms with Crippen molar-refractivity contribution in [3.8, 4) is 28.7 Å². The van der Waals surface area contributed by atoms with Gasteiger partial charge in [-0.3, -0.25) is 14.7 Å². The van der Waals surface area contributed by atoms with Crippen molar-refractivity contribution in [1.82, 2.24) is 14.8 Å². The van der Waals surface area contributed by atoms with E-state index in [1.165, 1.54) is 28.6 Å². The average Bonchev–Trinajstić information content (AvgIpc) is 3.78. The molecule has 3 aliphatic heterocycles. The van der Waals surface area contributed by atoms with Crippen LogP contribution in [0.15, 0.2) is 67.0 Å². The number of carbonyl (C=O) groups is 1. The molecule has 11 nitrogen and oxygen atoms in total. The quantitative estimate of drug-likeness (QED) is 0.140. The van der Waals surface area contributed by atoms with Crippen LogP contribution in [0.2, 0.25) is 5.02 Å². The van der Waals surface area contributed by atoms with Crippen LogP contribution >= 0.6 is 11.6 Å². The first kappa shape index (κ1) is 38.6. The van der Waals surface area contributed by atoms with E-state index in [-0.39, 0.29) is 38.8 Å². The normalized spacial score (nSPS) is 19.0. The van der Waals surface area contributed by atoms with Gasteiger partial charge in [0.1, 0.15) is 36.8 Å². The lowest BCUT2D eigenvalue weighted by Gasteiger charge is -2.30. The smallest absolute Gasteiger partial charge is 0.321 e. The zero-order valence-corrected chi connectivity index (χ0v) is 31.9. The molecular weight excluding hydrogens is 718 g/mol. The van der Waals surface area contributed by atoms with E-state index >= 15 is 0 Å². The van der Waals surface area contributed by atoms with Crippen molar-refractivity contribution in [2.24, 2.45) is 0 Å². The third-order valence-corrected chi connectivity index (χ3v) is 11.5. The van der Waals surface area contributed by atoms with Gasteiger partial charge in [-0.25, -0.2) is 0 Å². The van der Waals surface area contributed by atoms with Crippen LogP contribution in [0.5, 0.6) is 11.5 Å². The van der Waals surface area contributed by atoms with Crippen molar-refractivity contribution in [3.63, 3.8) is 0 Å². The van der Waals surface area contributed by atoms with Gasteiger partial charge in [0.15, 0.2) is 0 Å². The molecule has 3 aliphatic rings. The summed E-state index contributed by atoms with van der Waals surface area (Å²) in [5.41, 5.74) is 9.00. The predicted molar refractivity (Wildman–Crippen MR) is 210 cm³/mol. The number of fused-ring (bicyclic) bond motifs is 1. The van der Waals surface area contributed by atoms with E-state index in [4.69, 9.17) is 21.1 Å². The molecule has 2 saturated heterocycles. The minimum absolute atomic E-state index is 0.116. The molecular formula is C43H48ClN5O6. The molecule has 2 fully saturated rings. The second kappa shape index (κ2) is 17.4. The molecule has 3 N–H and O–H groups in total. The van der Waals surface area contributed by atoms with E-state index in [2.05, 4.69) is 64.2 Å². The topological polar surface area (TPSA) is 143 Å². The number of nitriles is 1. The highest BCUT2D eigenvalue weighted by Crippen LogP contribution is 2.39. The molecule has 0 saturated carbocycles. The monoisotopic (exact) mass is 765 g/mol. The Labute approximate surface area is 327 Å². The van der Waals surface area contributed by atoms with E-state index in [9.17, 15) is 25.4 Å². The number of piperidine rings is 1. The second-order valence-electron chi connectivity index (χ2n) is 14.9. The van der Waals surface area contributed by atoms with Gasteiger partial charge in [-0.2, -0.15) is 5.26 Å². The van der Waals surface area contributed by atoms with E-state index in [1.807, 2.05) is 0 Å². The molecule has 1 aromatic heterocycles. The number of pyridine rings is 1. The summed E-state index contributed by atoms with van der Waals surface area (Å²) in [6.45, 7) is 7.94. The number of hydrogen-bond acceptors (Lipinski definition) is 10. The number of rotatable bonds is 14. The molecule has 55 heavy (non-hydrogen) atoms. The fraction of sp³-hybridized carbons (Fsp3) is 0.419. The Morgan fingerprint density at radius 1 is 0.945 bits per heavy atom. The molecule has 0 amide bonds. The second-order valence-corrected chi connectivity index (χ2v) is 15.3. The third-order valence-electron chi connectivity index (χ3n) is 11.2. The summed E-state index contributed by atoms with van der Waals surface area (Å²) in [5.74, 6) is -0.120. The summed E-state index contributed by atoms with van der Waals surface area (Å²) >= 11 is 6.84. The Hall–Kier alpha value is -4.70. The summed E-state index contributed by atoms with van der Waals surface area (Å²) in [6.07, 6.45) is 6.19. The number of hydrogen-bond donors (Lipinski definition) is 3. The summed E-state index contributed by atoms with van der Waals surface area (Å²) in [6, 6.07) is 19.3. The van der Waals surface area contributed by atoms with Gasteiger partial charge in [0, 0.05) is 81.0 Å². The molecule has 288 valence electrons. The Bertz CT molecular complexity index is 2050. The van der Waals surface area contributed by atoms with Crippen molar-refractivity contribution in [2.45, 2.75) is 77.0 Å². The lowest BCUT2D eigenvalue weighted by atomic mass is 9.92. The van der Waals surface area contributed by atoms with Gasteiger partial charge < -0.3 is 34.6 Å². The number of ether oxygens (including phenoxy) is 2. The highest BCUT2D eigenvalue weighted by Gasteiger charge is 2.36. The third kappa shape index (κ3) is 9.07. The van der Waals surface area contributed by atoms with Crippen LogP contribution in [0.25, 0.3) is 11.1 Å². The van der Waals surface area contributed by atoms with Crippen LogP contribution < -0.4 is 14.4 Å². The first-order chi connectivity index (χ1) is 26.7. The highest BCUT2D eigenvalue weighted by molar-refractivity contribution is 6.32. The fourth-order valence-electron chi connectivity index (χ4n) is 8.16. The van der Waals surface area contributed by atoms with Gasteiger partial charge in [0.05, 0.1) is 22.8 Å². The molecule has 0 unspecified atom stereocenters. The van der Waals surface area contributed by atoms with Gasteiger partial charge in [-0.1, -0.05) is 41.9 Å². The molecule has 0 bridgehead atoms. The maximum absolute atomic E-state index is 12.0. The molecule has 12 heteroatoms. The molecule has 0 aliphatic carbocycles. The van der Waals surface area contributed by atoms with Gasteiger partial charge in [0.2, 0.25) is 0 Å². The van der Waals surface area contributed by atoms with Gasteiger partial charge >= 0.3 is 5.97 Å². The number of anilines is 1. The largest absolute Gasteiger partial charge is 0.488 e. The molecule has 0 radical (unpaired) electrons. The maximum Gasteiger partial charge on any atom is 0.321 e. The average molecular weight is 766 g/mol. The molecule has 3 aromatic carbocycles. The van der Waals surface area contributed by atoms with E-state index in [0.29, 0.717) is 33.2 Å². The number of halogens is 1. The van der Waals surface area contributed by atoms with E-state index < -0.39 is 18.1 Å². The number of benzene rings is 3. The lowest BCUT2D eigenvalue weighted by Crippen LogP contribution is -2.37. The minimum atomic E-state index is -0.995. The number of carboxylic acid groups (broad SMARTS) is 1. The number of aliphatic hydroxyl groups excluding tert-OH is 2. The van der Waals surface area contributed by atoms with Crippen LogP contribution in [0.4, 0.5) is 5.69 Å². The lowest BCUT2D eigenvalue weighted by molar-refractivity contribution is -0.142. The van der Waals surface area contributed by atoms with Crippen molar-refractivity contribution in [1.29, 1.82) is 5.26 Å². The number of nitrogens with zero attached hydrogens (tertiary/aromatic N) is 5. The molecule has 7 rings (SSSR count). The van der Waals surface area contributed by atoms with Gasteiger partial charge in [-0.05, 0) is 85.2 Å². The van der Waals surface area contributed by atoms with Gasteiger partial charge in [0.25, 0.3) is 0 Å². The van der Waals surface area contributed by atoms with Crippen LogP contribution in [-0.2, 0) is 31.0 Å². The number of aromatic nitrogens is 1. The Morgan fingerprint density at radius 3 is 2.53 bits per heavy atom. The number of aliphatic carboxylic acids is 1. The van der Waals surface area contributed by atoms with Crippen molar-refractivity contribution in [3.05, 3.63) is 105 Å². The number of β-amino-alcohol motifs (C(OH)–C–C–N with tert-alkyl or cyclic N) is 1. The molecule has 0 spiro atoms. The molecule has 2 atom stereocenters. The summed E-state index contributed by atoms with van der Waals surface area (Å²) in [7, 11) is 0. The summed E-state index contributed by atoms with van der Waals surface area (Å²) < 4.78 is 12.7. The van der Waals surface area contributed by atoms with Crippen LogP contribution in [-0.4, -0.2) is 93.6 Å². The van der Waals surface area contributed by atoms with Crippen LogP contribution in [0, 0.1) is 18.3 Å². The maximum atomic E-state index is 12.0. The van der Waals surface area contributed by atoms with Gasteiger partial charge in [-0.15, -0.1) is 0 Å². The van der Waals surface area contributed by atoms with E-state index in [1.54, 1.807) is 29.3 Å². The zero-order chi connectivity index (χ0) is 38.5. The SMILES string of the molecule is Cc1c(COc2cc(OCc3cncc(C#N)c3)c(CN3C[C@H](O)C[C@@H]3C(=O)O)cc2Cl)cccc1-c1cccc2c1CCN2CCCN1CCC(O)CC1. The van der Waals surface area contributed by atoms with Crippen molar-refractivity contribution >= 4 is 23.3 Å². The summed E-state index contributed by atoms with van der Waals surface area (Å²) in [4.78, 5) is 22.8. The minimum Gasteiger partial charge on any atom is -0.488 e. The summed E-state index contributed by atoms with van der Waals surface area (Å²) in [5, 5.41) is 39.6. The Kier molecular flexibility index (Phi) is 12.2. The first-order valence-electron chi connectivity index (χ1n) is 19.1. The van der Waals surface area contributed by atoms with Crippen molar-refractivity contribution < 1.29 is 29.6 Å². The molecule has 4 heterocycles. The van der Waals surface area contributed by atoms with Crippen molar-refractivity contribution in [2.75, 3.05) is 44.2 Å². The Balaban J connectivity index is 1.08. The molecule has 4 aromatic rings. The zero-order valence-electron chi connectivity index (χ0n) is 31.2. The number of aliphatic hydroxyl groups is 2. The van der Waals surface area contributed by atoms with Crippen LogP contribution in [0.3, 0.4) is 0 Å². The van der Waals surface area contributed by atoms with E-state index in [0.717, 1.165) is 69.5 Å². The highest BCUT2D eigenvalue weighted by atomic mass is 35.5. The predicted octanol–water partition coefficient (Wildman–Crippen LogP) is 5.97. The number of carboxylic acids is 1. The Morgan fingerprint density at radius 2 is 1.73 bits per heavy atom. The first-order valence-corrected chi connectivity index (χ1v) is 19.5. The van der Waals surface area contributed by atoms with Crippen LogP contribution in [0.1, 0.15) is 59.1 Å².